The Morgan fingerprint density at radius 2 is 1.74 bits per heavy atom. The van der Waals surface area contributed by atoms with Crippen LogP contribution < -0.4 is 10.1 Å². The Bertz CT molecular complexity index is 1060. The zero-order chi connectivity index (χ0) is 22.6. The van der Waals surface area contributed by atoms with E-state index in [0.29, 0.717) is 22.8 Å². The number of carbonyl (C=O) groups excluding carboxylic acids is 1. The second-order valence-corrected chi connectivity index (χ2v) is 6.95. The van der Waals surface area contributed by atoms with E-state index in [-0.39, 0.29) is 5.75 Å². The third-order valence-corrected chi connectivity index (χ3v) is 4.06. The van der Waals surface area contributed by atoms with Crippen molar-refractivity contribution < 1.29 is 27.4 Å². The minimum absolute atomic E-state index is 0.324. The van der Waals surface area contributed by atoms with Gasteiger partial charge in [0, 0.05) is 11.3 Å². The number of hydrogen-bond donors (Lipinski definition) is 1. The van der Waals surface area contributed by atoms with Gasteiger partial charge in [-0.15, -0.1) is 18.3 Å². The second kappa shape index (κ2) is 8.50. The molecule has 0 saturated heterocycles. The topological polar surface area (TPSA) is 78.3 Å². The molecule has 1 N–H and O–H groups in total. The average molecular weight is 432 g/mol. The molecule has 0 spiro atoms. The molecule has 7 nitrogen and oxygen atoms in total. The fourth-order valence-corrected chi connectivity index (χ4v) is 2.45. The van der Waals surface area contributed by atoms with Crippen LogP contribution in [0.5, 0.6) is 5.75 Å². The monoisotopic (exact) mass is 432 g/mol. The van der Waals surface area contributed by atoms with Crippen LogP contribution in [-0.2, 0) is 4.74 Å². The number of nitrogens with zero attached hydrogens (tertiary/aromatic N) is 3. The largest absolute Gasteiger partial charge is 0.573 e. The van der Waals surface area contributed by atoms with Crippen LogP contribution in [0.4, 0.5) is 23.7 Å². The maximum atomic E-state index is 12.3. The summed E-state index contributed by atoms with van der Waals surface area (Å²) in [6.07, 6.45) is -2.40. The van der Waals surface area contributed by atoms with Gasteiger partial charge >= 0.3 is 12.5 Å². The van der Waals surface area contributed by atoms with Crippen molar-refractivity contribution >= 4 is 11.8 Å². The Morgan fingerprint density at radius 3 is 2.32 bits per heavy atom. The van der Waals surface area contributed by atoms with Gasteiger partial charge in [0.1, 0.15) is 17.7 Å². The van der Waals surface area contributed by atoms with Crippen molar-refractivity contribution in [2.24, 2.45) is 0 Å². The van der Waals surface area contributed by atoms with Crippen molar-refractivity contribution in [1.29, 1.82) is 0 Å². The summed E-state index contributed by atoms with van der Waals surface area (Å²) in [6, 6.07) is 12.0. The van der Waals surface area contributed by atoms with Gasteiger partial charge < -0.3 is 9.47 Å². The summed E-state index contributed by atoms with van der Waals surface area (Å²) < 4.78 is 47.3. The van der Waals surface area contributed by atoms with E-state index in [1.165, 1.54) is 41.4 Å². The van der Waals surface area contributed by atoms with Crippen LogP contribution in [0.25, 0.3) is 17.1 Å². The number of aromatic nitrogens is 3. The van der Waals surface area contributed by atoms with E-state index in [1.54, 1.807) is 38.1 Å². The average Bonchev–Trinajstić information content (AvgIpc) is 3.17. The van der Waals surface area contributed by atoms with Gasteiger partial charge in [-0.3, -0.25) is 5.32 Å². The lowest BCUT2D eigenvalue weighted by atomic mass is 10.1. The molecule has 3 rings (SSSR count). The maximum Gasteiger partial charge on any atom is 0.573 e. The highest BCUT2D eigenvalue weighted by molar-refractivity contribution is 5.85. The number of carbonyl (C=O) groups is 1. The van der Waals surface area contributed by atoms with E-state index in [9.17, 15) is 18.0 Å². The molecule has 1 amide bonds. The Balaban J connectivity index is 1.67. The molecule has 0 atom stereocenters. The number of ether oxygens (including phenoxy) is 2. The van der Waals surface area contributed by atoms with Crippen LogP contribution in [0.15, 0.2) is 67.5 Å². The van der Waals surface area contributed by atoms with Crippen molar-refractivity contribution in [3.63, 3.8) is 0 Å². The highest BCUT2D eigenvalue weighted by Gasteiger charge is 2.31. The first-order valence-corrected chi connectivity index (χ1v) is 9.06. The van der Waals surface area contributed by atoms with Gasteiger partial charge in [-0.1, -0.05) is 6.58 Å². The molecule has 0 aliphatic rings. The van der Waals surface area contributed by atoms with Crippen LogP contribution in [0.1, 0.15) is 13.8 Å². The molecule has 0 unspecified atom stereocenters. The normalized spacial score (nSPS) is 11.6. The first-order valence-electron chi connectivity index (χ1n) is 9.06. The number of alkyl halides is 3. The van der Waals surface area contributed by atoms with E-state index in [4.69, 9.17) is 4.74 Å². The first-order chi connectivity index (χ1) is 14.5. The first kappa shape index (κ1) is 21.9. The molecular formula is C21H19F3N4O3. The third kappa shape index (κ3) is 6.08. The predicted molar refractivity (Wildman–Crippen MR) is 108 cm³/mol. The molecule has 1 heterocycles. The third-order valence-electron chi connectivity index (χ3n) is 4.06. The van der Waals surface area contributed by atoms with Crippen molar-refractivity contribution in [2.75, 3.05) is 5.32 Å². The van der Waals surface area contributed by atoms with E-state index in [0.717, 1.165) is 0 Å². The lowest BCUT2D eigenvalue weighted by Gasteiger charge is -2.20. The standard InChI is InChI=1S/C21H19F3N4O3/c1-4-20(2,3)31-19(29)26-15-7-5-14(6-8-15)18-25-13-28(27-18)16-9-11-17(12-10-16)30-21(22,23)24/h4-13H,1H2,2-3H3,(H,26,29). The molecule has 162 valence electrons. The second-order valence-electron chi connectivity index (χ2n) is 6.95. The van der Waals surface area contributed by atoms with Crippen LogP contribution in [-0.4, -0.2) is 32.8 Å². The summed E-state index contributed by atoms with van der Waals surface area (Å²) in [4.78, 5) is 16.1. The molecule has 0 saturated carbocycles. The van der Waals surface area contributed by atoms with Gasteiger partial charge in [-0.2, -0.15) is 0 Å². The molecule has 0 radical (unpaired) electrons. The number of nitrogens with one attached hydrogen (secondary N) is 1. The van der Waals surface area contributed by atoms with E-state index in [1.807, 2.05) is 0 Å². The number of anilines is 1. The molecule has 0 bridgehead atoms. The quantitative estimate of drug-likeness (QED) is 0.532. The maximum absolute atomic E-state index is 12.3. The summed E-state index contributed by atoms with van der Waals surface area (Å²) in [6.45, 7) is 7.03. The number of amides is 1. The van der Waals surface area contributed by atoms with Gasteiger partial charge in [0.05, 0.1) is 5.69 Å². The Kier molecular flexibility index (Phi) is 6.00. The Morgan fingerprint density at radius 1 is 1.10 bits per heavy atom. The molecule has 10 heteroatoms. The smallest absolute Gasteiger partial charge is 0.439 e. The number of halogens is 3. The van der Waals surface area contributed by atoms with Gasteiger partial charge in [-0.05, 0) is 68.5 Å². The van der Waals surface area contributed by atoms with Crippen LogP contribution in [0, 0.1) is 0 Å². The molecule has 1 aromatic heterocycles. The molecule has 0 aliphatic heterocycles. The van der Waals surface area contributed by atoms with Crippen molar-refractivity contribution in [3.8, 4) is 22.8 Å². The summed E-state index contributed by atoms with van der Waals surface area (Å²) in [7, 11) is 0. The van der Waals surface area contributed by atoms with Gasteiger partial charge in [0.2, 0.25) is 0 Å². The predicted octanol–water partition coefficient (Wildman–Crippen LogP) is 5.35. The molecule has 0 aliphatic carbocycles. The lowest BCUT2D eigenvalue weighted by molar-refractivity contribution is -0.274. The number of benzene rings is 2. The fourth-order valence-electron chi connectivity index (χ4n) is 2.45. The number of rotatable bonds is 6. The van der Waals surface area contributed by atoms with E-state index in [2.05, 4.69) is 26.7 Å². The van der Waals surface area contributed by atoms with Crippen molar-refractivity contribution in [1.82, 2.24) is 14.8 Å². The highest BCUT2D eigenvalue weighted by atomic mass is 19.4. The molecular weight excluding hydrogens is 413 g/mol. The summed E-state index contributed by atoms with van der Waals surface area (Å²) >= 11 is 0. The summed E-state index contributed by atoms with van der Waals surface area (Å²) in [5.41, 5.74) is 0.922. The molecule has 3 aromatic rings. The number of hydrogen-bond acceptors (Lipinski definition) is 5. The van der Waals surface area contributed by atoms with Crippen LogP contribution in [0.3, 0.4) is 0 Å². The lowest BCUT2D eigenvalue weighted by Crippen LogP contribution is -2.28. The SMILES string of the molecule is C=CC(C)(C)OC(=O)Nc1ccc(-c2ncn(-c3ccc(OC(F)(F)F)cc3)n2)cc1. The molecule has 0 fully saturated rings. The van der Waals surface area contributed by atoms with Crippen molar-refractivity contribution in [3.05, 3.63) is 67.5 Å². The molecule has 2 aromatic carbocycles. The van der Waals surface area contributed by atoms with Crippen molar-refractivity contribution in [2.45, 2.75) is 25.8 Å². The van der Waals surface area contributed by atoms with Crippen LogP contribution >= 0.6 is 0 Å². The van der Waals surface area contributed by atoms with E-state index >= 15 is 0 Å². The Labute approximate surface area is 176 Å². The summed E-state index contributed by atoms with van der Waals surface area (Å²) in [5, 5.41) is 6.94. The van der Waals surface area contributed by atoms with Gasteiger partial charge in [0.25, 0.3) is 0 Å². The minimum atomic E-state index is -4.75. The zero-order valence-corrected chi connectivity index (χ0v) is 16.7. The zero-order valence-electron chi connectivity index (χ0n) is 16.7. The van der Waals surface area contributed by atoms with Gasteiger partial charge in [0.15, 0.2) is 5.82 Å². The van der Waals surface area contributed by atoms with Crippen LogP contribution in [0.2, 0.25) is 0 Å². The summed E-state index contributed by atoms with van der Waals surface area (Å²) in [5.74, 6) is 0.0761. The Hall–Kier alpha value is -3.82. The molecule has 31 heavy (non-hydrogen) atoms. The fraction of sp³-hybridized carbons (Fsp3) is 0.190. The highest BCUT2D eigenvalue weighted by Crippen LogP contribution is 2.24. The minimum Gasteiger partial charge on any atom is -0.439 e. The van der Waals surface area contributed by atoms with E-state index < -0.39 is 18.1 Å². The van der Waals surface area contributed by atoms with Gasteiger partial charge in [-0.25, -0.2) is 14.5 Å².